The molecule has 2 fully saturated rings. The van der Waals surface area contributed by atoms with Gasteiger partial charge in [-0.15, -0.1) is 0 Å². The minimum Gasteiger partial charge on any atom is -0.465 e. The van der Waals surface area contributed by atoms with Crippen LogP contribution in [0, 0.1) is 0 Å². The number of carboxylic acid groups (broad SMARTS) is 1. The van der Waals surface area contributed by atoms with Gasteiger partial charge in [0, 0.05) is 31.7 Å². The Balaban J connectivity index is 2.01. The zero-order valence-corrected chi connectivity index (χ0v) is 8.09. The first kappa shape index (κ1) is 9.73. The normalized spacial score (nSPS) is 32.2. The lowest BCUT2D eigenvalue weighted by Crippen LogP contribution is -2.55. The van der Waals surface area contributed by atoms with Gasteiger partial charge in [-0.3, -0.25) is 4.90 Å². The van der Waals surface area contributed by atoms with Gasteiger partial charge in [0.2, 0.25) is 0 Å². The largest absolute Gasteiger partial charge is 0.465 e. The SMILES string of the molecule is O=C(O)N1CC2CCC(C1)N2CCO. The van der Waals surface area contributed by atoms with E-state index in [2.05, 4.69) is 4.90 Å². The molecule has 2 aliphatic rings. The molecule has 0 aromatic heterocycles. The maximum Gasteiger partial charge on any atom is 0.407 e. The first-order valence-electron chi connectivity index (χ1n) is 5.07. The number of hydrogen-bond acceptors (Lipinski definition) is 3. The van der Waals surface area contributed by atoms with Gasteiger partial charge < -0.3 is 15.1 Å². The molecular formula is C9H16N2O3. The number of hydrogen-bond donors (Lipinski definition) is 2. The maximum absolute atomic E-state index is 10.8. The van der Waals surface area contributed by atoms with Crippen LogP contribution < -0.4 is 0 Å². The minimum atomic E-state index is -0.814. The van der Waals surface area contributed by atoms with Crippen molar-refractivity contribution in [3.8, 4) is 0 Å². The Morgan fingerprint density at radius 3 is 2.29 bits per heavy atom. The van der Waals surface area contributed by atoms with Gasteiger partial charge in [0.1, 0.15) is 0 Å². The minimum absolute atomic E-state index is 0.167. The third-order valence-corrected chi connectivity index (χ3v) is 3.26. The van der Waals surface area contributed by atoms with E-state index < -0.39 is 6.09 Å². The highest BCUT2D eigenvalue weighted by atomic mass is 16.4. The van der Waals surface area contributed by atoms with Crippen LogP contribution in [0.25, 0.3) is 0 Å². The van der Waals surface area contributed by atoms with E-state index in [-0.39, 0.29) is 6.61 Å². The zero-order valence-electron chi connectivity index (χ0n) is 8.09. The molecule has 2 heterocycles. The van der Waals surface area contributed by atoms with Gasteiger partial charge in [-0.1, -0.05) is 0 Å². The van der Waals surface area contributed by atoms with E-state index in [0.717, 1.165) is 12.8 Å². The number of fused-ring (bicyclic) bond motifs is 2. The smallest absolute Gasteiger partial charge is 0.407 e. The van der Waals surface area contributed by atoms with Gasteiger partial charge in [-0.05, 0) is 12.8 Å². The number of aliphatic hydroxyl groups is 1. The van der Waals surface area contributed by atoms with Gasteiger partial charge in [-0.2, -0.15) is 0 Å². The second-order valence-corrected chi connectivity index (χ2v) is 4.03. The van der Waals surface area contributed by atoms with Crippen molar-refractivity contribution in [2.24, 2.45) is 0 Å². The van der Waals surface area contributed by atoms with Gasteiger partial charge in [-0.25, -0.2) is 4.79 Å². The molecular weight excluding hydrogens is 184 g/mol. The van der Waals surface area contributed by atoms with Crippen LogP contribution in [0.5, 0.6) is 0 Å². The molecule has 0 radical (unpaired) electrons. The van der Waals surface area contributed by atoms with Crippen molar-refractivity contribution in [2.75, 3.05) is 26.2 Å². The molecule has 80 valence electrons. The van der Waals surface area contributed by atoms with E-state index in [1.54, 1.807) is 0 Å². The highest BCUT2D eigenvalue weighted by molar-refractivity contribution is 5.65. The van der Waals surface area contributed by atoms with Crippen molar-refractivity contribution in [1.29, 1.82) is 0 Å². The van der Waals surface area contributed by atoms with Crippen LogP contribution in [0.3, 0.4) is 0 Å². The van der Waals surface area contributed by atoms with E-state index >= 15 is 0 Å². The summed E-state index contributed by atoms with van der Waals surface area (Å²) in [6.45, 7) is 2.06. The first-order valence-corrected chi connectivity index (χ1v) is 5.07. The Kier molecular flexibility index (Phi) is 2.60. The van der Waals surface area contributed by atoms with E-state index in [1.165, 1.54) is 4.90 Å². The molecule has 0 aromatic rings. The van der Waals surface area contributed by atoms with Crippen LogP contribution in [0.1, 0.15) is 12.8 Å². The van der Waals surface area contributed by atoms with Crippen LogP contribution in [-0.2, 0) is 0 Å². The number of amides is 1. The Labute approximate surface area is 82.9 Å². The Hall–Kier alpha value is -0.810. The third-order valence-electron chi connectivity index (χ3n) is 3.26. The third kappa shape index (κ3) is 1.57. The van der Waals surface area contributed by atoms with E-state index in [9.17, 15) is 4.79 Å². The Morgan fingerprint density at radius 2 is 1.86 bits per heavy atom. The molecule has 2 atom stereocenters. The van der Waals surface area contributed by atoms with E-state index in [1.807, 2.05) is 0 Å². The number of aliphatic hydroxyl groups excluding tert-OH is 1. The van der Waals surface area contributed by atoms with Crippen molar-refractivity contribution in [1.82, 2.24) is 9.80 Å². The molecule has 5 nitrogen and oxygen atoms in total. The van der Waals surface area contributed by atoms with Crippen LogP contribution in [0.2, 0.25) is 0 Å². The monoisotopic (exact) mass is 200 g/mol. The van der Waals surface area contributed by atoms with Crippen molar-refractivity contribution in [3.63, 3.8) is 0 Å². The summed E-state index contributed by atoms with van der Waals surface area (Å²) in [6, 6.07) is 0.661. The molecule has 0 aromatic carbocycles. The predicted octanol–water partition coefficient (Wildman–Crippen LogP) is -0.195. The molecule has 2 saturated heterocycles. The zero-order chi connectivity index (χ0) is 10.1. The molecule has 14 heavy (non-hydrogen) atoms. The summed E-state index contributed by atoms with van der Waals surface area (Å²) in [7, 11) is 0. The highest BCUT2D eigenvalue weighted by Gasteiger charge is 2.40. The molecule has 2 rings (SSSR count). The van der Waals surface area contributed by atoms with Gasteiger partial charge in [0.15, 0.2) is 0 Å². The summed E-state index contributed by atoms with van der Waals surface area (Å²) < 4.78 is 0. The van der Waals surface area contributed by atoms with Gasteiger partial charge in [0.25, 0.3) is 0 Å². The van der Waals surface area contributed by atoms with Gasteiger partial charge >= 0.3 is 6.09 Å². The number of rotatable bonds is 2. The summed E-state index contributed by atoms with van der Waals surface area (Å²) in [5.41, 5.74) is 0. The second kappa shape index (κ2) is 3.74. The van der Waals surface area contributed by atoms with E-state index in [0.29, 0.717) is 31.7 Å². The van der Waals surface area contributed by atoms with Crippen LogP contribution >= 0.6 is 0 Å². The number of nitrogens with zero attached hydrogens (tertiary/aromatic N) is 2. The summed E-state index contributed by atoms with van der Waals surface area (Å²) in [6.07, 6.45) is 1.31. The molecule has 5 heteroatoms. The predicted molar refractivity (Wildman–Crippen MR) is 50.2 cm³/mol. The van der Waals surface area contributed by atoms with Crippen LogP contribution in [0.4, 0.5) is 4.79 Å². The second-order valence-electron chi connectivity index (χ2n) is 4.03. The molecule has 2 N–H and O–H groups in total. The fourth-order valence-electron chi connectivity index (χ4n) is 2.63. The number of carbonyl (C=O) groups is 1. The molecule has 2 unspecified atom stereocenters. The van der Waals surface area contributed by atoms with Crippen molar-refractivity contribution >= 4 is 6.09 Å². The standard InChI is InChI=1S/C9H16N2O3/c12-4-3-11-7-1-2-8(11)6-10(5-7)9(13)14/h7-8,12H,1-6H2,(H,13,14). The summed E-state index contributed by atoms with van der Waals surface area (Å²) in [4.78, 5) is 14.5. The van der Waals surface area contributed by atoms with Crippen LogP contribution in [-0.4, -0.2) is 64.4 Å². The Morgan fingerprint density at radius 1 is 1.29 bits per heavy atom. The van der Waals surface area contributed by atoms with Crippen molar-refractivity contribution in [2.45, 2.75) is 24.9 Å². The maximum atomic E-state index is 10.8. The topological polar surface area (TPSA) is 64.0 Å². The lowest BCUT2D eigenvalue weighted by atomic mass is 10.2. The number of piperazine rings is 1. The molecule has 0 spiro atoms. The molecule has 1 amide bonds. The molecule has 0 saturated carbocycles. The summed E-state index contributed by atoms with van der Waals surface area (Å²) in [5.74, 6) is 0. The average Bonchev–Trinajstić information content (AvgIpc) is 2.40. The van der Waals surface area contributed by atoms with Crippen LogP contribution in [0.15, 0.2) is 0 Å². The summed E-state index contributed by atoms with van der Waals surface area (Å²) >= 11 is 0. The molecule has 2 aliphatic heterocycles. The lowest BCUT2D eigenvalue weighted by Gasteiger charge is -2.39. The first-order chi connectivity index (χ1) is 6.72. The molecule has 2 bridgehead atoms. The lowest BCUT2D eigenvalue weighted by molar-refractivity contribution is 0.0523. The Bertz CT molecular complexity index is 220. The van der Waals surface area contributed by atoms with Crippen molar-refractivity contribution < 1.29 is 15.0 Å². The fourth-order valence-corrected chi connectivity index (χ4v) is 2.63. The molecule has 0 aliphatic carbocycles. The highest BCUT2D eigenvalue weighted by Crippen LogP contribution is 2.29. The van der Waals surface area contributed by atoms with Crippen molar-refractivity contribution in [3.05, 3.63) is 0 Å². The average molecular weight is 200 g/mol. The van der Waals surface area contributed by atoms with Gasteiger partial charge in [0.05, 0.1) is 6.61 Å². The number of likely N-dealkylation sites (tertiary alicyclic amines) is 1. The quantitative estimate of drug-likeness (QED) is 0.648. The van der Waals surface area contributed by atoms with E-state index in [4.69, 9.17) is 10.2 Å². The summed E-state index contributed by atoms with van der Waals surface area (Å²) in [5, 5.41) is 17.8. The fraction of sp³-hybridized carbons (Fsp3) is 0.889.